The molecular formula is C13H23N5OS. The molecule has 2 N–H and O–H groups in total. The molecule has 1 aromatic rings. The summed E-state index contributed by atoms with van der Waals surface area (Å²) in [6, 6.07) is 0. The van der Waals surface area contributed by atoms with Gasteiger partial charge in [0.2, 0.25) is 5.91 Å². The number of carbonyl (C=O) groups excluding carboxylic acids is 1. The van der Waals surface area contributed by atoms with Crippen molar-refractivity contribution in [2.45, 2.75) is 56.6 Å². The van der Waals surface area contributed by atoms with E-state index < -0.39 is 0 Å². The van der Waals surface area contributed by atoms with Crippen molar-refractivity contribution in [2.24, 2.45) is 5.73 Å². The van der Waals surface area contributed by atoms with Crippen molar-refractivity contribution in [1.29, 1.82) is 0 Å². The Morgan fingerprint density at radius 3 is 2.65 bits per heavy atom. The minimum atomic E-state index is -0.131. The highest BCUT2D eigenvalue weighted by Crippen LogP contribution is 2.24. The summed E-state index contributed by atoms with van der Waals surface area (Å²) in [5.41, 5.74) is 5.64. The van der Waals surface area contributed by atoms with Crippen LogP contribution >= 0.6 is 11.8 Å². The van der Waals surface area contributed by atoms with Crippen molar-refractivity contribution >= 4 is 17.7 Å². The molecule has 1 aliphatic rings. The summed E-state index contributed by atoms with van der Waals surface area (Å²) in [5.74, 6) is 0.974. The minimum absolute atomic E-state index is 0.131. The number of thioether (sulfide) groups is 1. The van der Waals surface area contributed by atoms with Gasteiger partial charge in [0.1, 0.15) is 5.82 Å². The highest BCUT2D eigenvalue weighted by molar-refractivity contribution is 8.00. The molecule has 1 atom stereocenters. The first-order valence-electron chi connectivity index (χ1n) is 7.25. The Morgan fingerprint density at radius 1 is 1.35 bits per heavy atom. The number of carbonyl (C=O) groups is 1. The van der Waals surface area contributed by atoms with Gasteiger partial charge in [0.15, 0.2) is 5.16 Å². The van der Waals surface area contributed by atoms with Gasteiger partial charge >= 0.3 is 0 Å². The van der Waals surface area contributed by atoms with Crippen molar-refractivity contribution < 1.29 is 4.79 Å². The van der Waals surface area contributed by atoms with Gasteiger partial charge in [0, 0.05) is 19.6 Å². The summed E-state index contributed by atoms with van der Waals surface area (Å²) in [7, 11) is 0. The number of amides is 1. The number of rotatable bonds is 5. The molecule has 1 saturated heterocycles. The predicted molar refractivity (Wildman–Crippen MR) is 79.3 cm³/mol. The summed E-state index contributed by atoms with van der Waals surface area (Å²) in [5, 5.41) is 8.87. The average Bonchev–Trinajstić information content (AvgIpc) is 2.89. The number of hydrogen-bond donors (Lipinski definition) is 1. The summed E-state index contributed by atoms with van der Waals surface area (Å²) >= 11 is 1.48. The monoisotopic (exact) mass is 297 g/mol. The Balaban J connectivity index is 2.01. The zero-order valence-electron chi connectivity index (χ0n) is 12.2. The lowest BCUT2D eigenvalue weighted by Crippen LogP contribution is -2.40. The van der Waals surface area contributed by atoms with Gasteiger partial charge in [0.05, 0.1) is 11.8 Å². The van der Waals surface area contributed by atoms with Crippen LogP contribution in [0, 0.1) is 0 Å². The lowest BCUT2D eigenvalue weighted by Gasteiger charge is -2.28. The molecule has 1 amide bonds. The third-order valence-electron chi connectivity index (χ3n) is 3.59. The Labute approximate surface area is 124 Å². The summed E-state index contributed by atoms with van der Waals surface area (Å²) in [4.78, 5) is 14.4. The summed E-state index contributed by atoms with van der Waals surface area (Å²) < 4.78 is 1.98. The molecule has 112 valence electrons. The third kappa shape index (κ3) is 3.32. The van der Waals surface area contributed by atoms with Gasteiger partial charge < -0.3 is 15.2 Å². The van der Waals surface area contributed by atoms with Crippen LogP contribution in [-0.4, -0.2) is 43.9 Å². The van der Waals surface area contributed by atoms with Crippen LogP contribution in [-0.2, 0) is 17.9 Å². The quantitative estimate of drug-likeness (QED) is 0.828. The molecule has 0 aliphatic carbocycles. The van der Waals surface area contributed by atoms with E-state index in [9.17, 15) is 4.79 Å². The van der Waals surface area contributed by atoms with E-state index in [0.717, 1.165) is 43.5 Å². The largest absolute Gasteiger partial charge is 0.342 e. The SMILES string of the molecule is CCn1c(CN)nnc1SC(C)C(=O)N1CCCCC1. The Hall–Kier alpha value is -1.08. The summed E-state index contributed by atoms with van der Waals surface area (Å²) in [6.07, 6.45) is 3.46. The fraction of sp³-hybridized carbons (Fsp3) is 0.769. The molecule has 20 heavy (non-hydrogen) atoms. The van der Waals surface area contributed by atoms with Gasteiger partial charge in [-0.25, -0.2) is 0 Å². The Kier molecular flexibility index (Phi) is 5.42. The lowest BCUT2D eigenvalue weighted by molar-refractivity contribution is -0.131. The lowest BCUT2D eigenvalue weighted by atomic mass is 10.1. The topological polar surface area (TPSA) is 77.0 Å². The van der Waals surface area contributed by atoms with Crippen molar-refractivity contribution in [1.82, 2.24) is 19.7 Å². The first kappa shape index (κ1) is 15.3. The maximum absolute atomic E-state index is 12.4. The maximum atomic E-state index is 12.4. The van der Waals surface area contributed by atoms with Crippen molar-refractivity contribution in [3.8, 4) is 0 Å². The number of piperidine rings is 1. The molecule has 7 heteroatoms. The molecular weight excluding hydrogens is 274 g/mol. The van der Waals surface area contributed by atoms with Gasteiger partial charge in [-0.05, 0) is 33.1 Å². The number of likely N-dealkylation sites (tertiary alicyclic amines) is 1. The van der Waals surface area contributed by atoms with Gasteiger partial charge in [-0.1, -0.05) is 11.8 Å². The van der Waals surface area contributed by atoms with Crippen molar-refractivity contribution in [2.75, 3.05) is 13.1 Å². The van der Waals surface area contributed by atoms with Gasteiger partial charge in [-0.15, -0.1) is 10.2 Å². The van der Waals surface area contributed by atoms with Crippen LogP contribution in [0.25, 0.3) is 0 Å². The molecule has 0 saturated carbocycles. The number of aromatic nitrogens is 3. The molecule has 0 spiro atoms. The van der Waals surface area contributed by atoms with Crippen LogP contribution in [0.15, 0.2) is 5.16 Å². The second-order valence-electron chi connectivity index (χ2n) is 4.99. The molecule has 0 aromatic carbocycles. The van der Waals surface area contributed by atoms with E-state index in [1.54, 1.807) is 0 Å². The van der Waals surface area contributed by atoms with Gasteiger partial charge in [0.25, 0.3) is 0 Å². The average molecular weight is 297 g/mol. The fourth-order valence-corrected chi connectivity index (χ4v) is 3.47. The first-order chi connectivity index (χ1) is 9.67. The zero-order valence-corrected chi connectivity index (χ0v) is 13.0. The standard InChI is InChI=1S/C13H23N5OS/c1-3-18-11(9-14)15-16-13(18)20-10(2)12(19)17-7-5-4-6-8-17/h10H,3-9,14H2,1-2H3. The zero-order chi connectivity index (χ0) is 14.5. The Morgan fingerprint density at radius 2 is 2.05 bits per heavy atom. The van der Waals surface area contributed by atoms with E-state index in [1.807, 2.05) is 23.3 Å². The molecule has 1 aromatic heterocycles. The van der Waals surface area contributed by atoms with Crippen LogP contribution in [0.2, 0.25) is 0 Å². The molecule has 1 unspecified atom stereocenters. The number of nitrogens with two attached hydrogens (primary N) is 1. The Bertz CT molecular complexity index is 456. The second-order valence-corrected chi connectivity index (χ2v) is 6.30. The highest BCUT2D eigenvalue weighted by Gasteiger charge is 2.24. The second kappa shape index (κ2) is 7.08. The molecule has 2 heterocycles. The smallest absolute Gasteiger partial charge is 0.235 e. The van der Waals surface area contributed by atoms with E-state index in [1.165, 1.54) is 18.2 Å². The van der Waals surface area contributed by atoms with Gasteiger partial charge in [-0.3, -0.25) is 4.79 Å². The predicted octanol–water partition coefficient (Wildman–Crippen LogP) is 1.25. The highest BCUT2D eigenvalue weighted by atomic mass is 32.2. The molecule has 1 aliphatic heterocycles. The normalized spacial score (nSPS) is 17.2. The van der Waals surface area contributed by atoms with E-state index >= 15 is 0 Å². The maximum Gasteiger partial charge on any atom is 0.235 e. The molecule has 0 bridgehead atoms. The molecule has 1 fully saturated rings. The van der Waals surface area contributed by atoms with E-state index in [2.05, 4.69) is 10.2 Å². The molecule has 6 nitrogen and oxygen atoms in total. The first-order valence-corrected chi connectivity index (χ1v) is 8.13. The van der Waals surface area contributed by atoms with Crippen LogP contribution in [0.5, 0.6) is 0 Å². The van der Waals surface area contributed by atoms with Crippen molar-refractivity contribution in [3.63, 3.8) is 0 Å². The van der Waals surface area contributed by atoms with Crippen LogP contribution in [0.1, 0.15) is 38.9 Å². The van der Waals surface area contributed by atoms with E-state index in [-0.39, 0.29) is 11.2 Å². The van der Waals surface area contributed by atoms with Gasteiger partial charge in [-0.2, -0.15) is 0 Å². The fourth-order valence-electron chi connectivity index (χ4n) is 2.45. The summed E-state index contributed by atoms with van der Waals surface area (Å²) in [6.45, 7) is 6.89. The van der Waals surface area contributed by atoms with Crippen LogP contribution < -0.4 is 5.73 Å². The third-order valence-corrected chi connectivity index (χ3v) is 4.66. The molecule has 0 radical (unpaired) electrons. The minimum Gasteiger partial charge on any atom is -0.342 e. The van der Waals surface area contributed by atoms with Crippen LogP contribution in [0.3, 0.4) is 0 Å². The molecule has 2 rings (SSSR count). The number of nitrogens with zero attached hydrogens (tertiary/aromatic N) is 4. The number of hydrogen-bond acceptors (Lipinski definition) is 5. The van der Waals surface area contributed by atoms with E-state index in [0.29, 0.717) is 6.54 Å². The van der Waals surface area contributed by atoms with Crippen molar-refractivity contribution in [3.05, 3.63) is 5.82 Å². The van der Waals surface area contributed by atoms with E-state index in [4.69, 9.17) is 5.73 Å². The van der Waals surface area contributed by atoms with Crippen LogP contribution in [0.4, 0.5) is 0 Å².